The summed E-state index contributed by atoms with van der Waals surface area (Å²) in [6, 6.07) is 0. The smallest absolute Gasteiger partial charge is 0.328 e. The van der Waals surface area contributed by atoms with Crippen LogP contribution in [0.1, 0.15) is 20.8 Å². The Morgan fingerprint density at radius 1 is 1.46 bits per heavy atom. The van der Waals surface area contributed by atoms with Gasteiger partial charge in [0.15, 0.2) is 5.79 Å². The van der Waals surface area contributed by atoms with E-state index in [-0.39, 0.29) is 12.2 Å². The maximum absolute atomic E-state index is 10.2. The molecule has 0 unspecified atom stereocenters. The molecule has 1 aliphatic heterocycles. The largest absolute Gasteiger partial charge is 0.478 e. The van der Waals surface area contributed by atoms with Crippen LogP contribution in [0.3, 0.4) is 0 Å². The SMILES string of the molecule is C[C@H]1OC(C)(C)O[C@H]1/C=C/C(=O)O. The Bertz CT molecular complexity index is 232. The van der Waals surface area contributed by atoms with E-state index in [0.717, 1.165) is 6.08 Å². The van der Waals surface area contributed by atoms with Crippen molar-refractivity contribution >= 4 is 5.97 Å². The second kappa shape index (κ2) is 3.47. The van der Waals surface area contributed by atoms with Crippen molar-refractivity contribution in [2.75, 3.05) is 0 Å². The van der Waals surface area contributed by atoms with Crippen molar-refractivity contribution in [1.82, 2.24) is 0 Å². The van der Waals surface area contributed by atoms with Crippen LogP contribution in [0.25, 0.3) is 0 Å². The third-order valence-corrected chi connectivity index (χ3v) is 1.78. The molecule has 0 aromatic heterocycles. The highest BCUT2D eigenvalue weighted by Gasteiger charge is 2.37. The first-order valence-corrected chi connectivity index (χ1v) is 4.17. The Balaban J connectivity index is 2.58. The van der Waals surface area contributed by atoms with E-state index in [1.165, 1.54) is 6.08 Å². The van der Waals surface area contributed by atoms with E-state index in [2.05, 4.69) is 0 Å². The van der Waals surface area contributed by atoms with Crippen molar-refractivity contribution in [1.29, 1.82) is 0 Å². The highest BCUT2D eigenvalue weighted by atomic mass is 16.7. The van der Waals surface area contributed by atoms with Gasteiger partial charge in [0.2, 0.25) is 0 Å². The molecule has 1 N–H and O–H groups in total. The van der Waals surface area contributed by atoms with Crippen molar-refractivity contribution in [3.8, 4) is 0 Å². The molecule has 1 rings (SSSR count). The Hall–Kier alpha value is -0.870. The van der Waals surface area contributed by atoms with Gasteiger partial charge in [-0.2, -0.15) is 0 Å². The minimum atomic E-state index is -0.972. The van der Waals surface area contributed by atoms with Gasteiger partial charge in [-0.25, -0.2) is 4.79 Å². The molecule has 0 aromatic carbocycles. The zero-order chi connectivity index (χ0) is 10.1. The molecule has 0 saturated carbocycles. The number of aliphatic carboxylic acids is 1. The summed E-state index contributed by atoms with van der Waals surface area (Å²) < 4.78 is 10.9. The minimum absolute atomic E-state index is 0.106. The summed E-state index contributed by atoms with van der Waals surface area (Å²) in [6.45, 7) is 5.46. The topological polar surface area (TPSA) is 55.8 Å². The van der Waals surface area contributed by atoms with E-state index in [0.29, 0.717) is 0 Å². The lowest BCUT2D eigenvalue weighted by Crippen LogP contribution is -2.20. The molecule has 4 nitrogen and oxygen atoms in total. The number of ether oxygens (including phenoxy) is 2. The van der Waals surface area contributed by atoms with Gasteiger partial charge in [0.05, 0.1) is 6.10 Å². The van der Waals surface area contributed by atoms with Crippen LogP contribution in [0.15, 0.2) is 12.2 Å². The number of carboxylic acids is 1. The van der Waals surface area contributed by atoms with E-state index >= 15 is 0 Å². The van der Waals surface area contributed by atoms with Crippen LogP contribution in [0, 0.1) is 0 Å². The van der Waals surface area contributed by atoms with Crippen molar-refractivity contribution in [3.63, 3.8) is 0 Å². The standard InChI is InChI=1S/C9H14O4/c1-6-7(4-5-8(10)11)13-9(2,3)12-6/h4-7H,1-3H3,(H,10,11)/b5-4+/t6-,7+/m1/s1. The van der Waals surface area contributed by atoms with Crippen molar-refractivity contribution in [3.05, 3.63) is 12.2 Å². The minimum Gasteiger partial charge on any atom is -0.478 e. The number of rotatable bonds is 2. The maximum Gasteiger partial charge on any atom is 0.328 e. The molecule has 0 bridgehead atoms. The van der Waals surface area contributed by atoms with Gasteiger partial charge in [-0.3, -0.25) is 0 Å². The fraction of sp³-hybridized carbons (Fsp3) is 0.667. The molecule has 2 atom stereocenters. The second-order valence-electron chi connectivity index (χ2n) is 3.50. The summed E-state index contributed by atoms with van der Waals surface area (Å²) in [5.41, 5.74) is 0. The Morgan fingerprint density at radius 3 is 2.46 bits per heavy atom. The molecule has 0 amide bonds. The number of hydrogen-bond donors (Lipinski definition) is 1. The van der Waals surface area contributed by atoms with Gasteiger partial charge in [-0.1, -0.05) is 0 Å². The lowest BCUT2D eigenvalue weighted by Gasteiger charge is -2.15. The quantitative estimate of drug-likeness (QED) is 0.657. The van der Waals surface area contributed by atoms with E-state index in [1.807, 2.05) is 6.92 Å². The molecule has 1 fully saturated rings. The lowest BCUT2D eigenvalue weighted by molar-refractivity contribution is -0.141. The molecule has 0 spiro atoms. The monoisotopic (exact) mass is 186 g/mol. The fourth-order valence-corrected chi connectivity index (χ4v) is 1.34. The summed E-state index contributed by atoms with van der Waals surface area (Å²) in [6.07, 6.45) is 2.20. The molecule has 0 radical (unpaired) electrons. The van der Waals surface area contributed by atoms with E-state index in [4.69, 9.17) is 14.6 Å². The first-order chi connectivity index (χ1) is 5.91. The van der Waals surface area contributed by atoms with Gasteiger partial charge < -0.3 is 14.6 Å². The average molecular weight is 186 g/mol. The normalized spacial score (nSPS) is 32.5. The van der Waals surface area contributed by atoms with E-state index < -0.39 is 11.8 Å². The van der Waals surface area contributed by atoms with Crippen LogP contribution in [-0.4, -0.2) is 29.1 Å². The van der Waals surface area contributed by atoms with Crippen LogP contribution in [0.4, 0.5) is 0 Å². The Morgan fingerprint density at radius 2 is 2.08 bits per heavy atom. The maximum atomic E-state index is 10.2. The van der Waals surface area contributed by atoms with Crippen LogP contribution in [-0.2, 0) is 14.3 Å². The highest BCUT2D eigenvalue weighted by Crippen LogP contribution is 2.28. The molecule has 13 heavy (non-hydrogen) atoms. The highest BCUT2D eigenvalue weighted by molar-refractivity contribution is 5.79. The molecule has 4 heteroatoms. The third kappa shape index (κ3) is 2.82. The van der Waals surface area contributed by atoms with Crippen molar-refractivity contribution in [2.45, 2.75) is 38.8 Å². The summed E-state index contributed by atoms with van der Waals surface area (Å²) in [5, 5.41) is 8.41. The van der Waals surface area contributed by atoms with Gasteiger partial charge in [0, 0.05) is 6.08 Å². The molecular formula is C9H14O4. The summed E-state index contributed by atoms with van der Waals surface area (Å²) in [5.74, 6) is -1.59. The molecular weight excluding hydrogens is 172 g/mol. The summed E-state index contributed by atoms with van der Waals surface area (Å²) in [4.78, 5) is 10.2. The van der Waals surface area contributed by atoms with Gasteiger partial charge >= 0.3 is 5.97 Å². The molecule has 1 aliphatic rings. The zero-order valence-electron chi connectivity index (χ0n) is 7.98. The predicted molar refractivity (Wildman–Crippen MR) is 46.3 cm³/mol. The molecule has 1 heterocycles. The van der Waals surface area contributed by atoms with Gasteiger partial charge in [-0.15, -0.1) is 0 Å². The van der Waals surface area contributed by atoms with Crippen LogP contribution in [0.2, 0.25) is 0 Å². The lowest BCUT2D eigenvalue weighted by atomic mass is 10.2. The van der Waals surface area contributed by atoms with Gasteiger partial charge in [-0.05, 0) is 26.8 Å². The second-order valence-corrected chi connectivity index (χ2v) is 3.50. The van der Waals surface area contributed by atoms with E-state index in [9.17, 15) is 4.79 Å². The van der Waals surface area contributed by atoms with Gasteiger partial charge in [0.1, 0.15) is 6.10 Å². The van der Waals surface area contributed by atoms with Crippen molar-refractivity contribution < 1.29 is 19.4 Å². The third-order valence-electron chi connectivity index (χ3n) is 1.78. The molecule has 1 saturated heterocycles. The molecule has 74 valence electrons. The Kier molecular flexibility index (Phi) is 2.73. The molecule has 0 aromatic rings. The average Bonchev–Trinajstić information content (AvgIpc) is 2.20. The molecule has 0 aliphatic carbocycles. The zero-order valence-corrected chi connectivity index (χ0v) is 7.98. The first kappa shape index (κ1) is 10.2. The Labute approximate surface area is 77.1 Å². The predicted octanol–water partition coefficient (Wildman–Crippen LogP) is 1.17. The van der Waals surface area contributed by atoms with Gasteiger partial charge in [0.25, 0.3) is 0 Å². The fourth-order valence-electron chi connectivity index (χ4n) is 1.34. The van der Waals surface area contributed by atoms with Crippen LogP contribution in [0.5, 0.6) is 0 Å². The number of hydrogen-bond acceptors (Lipinski definition) is 3. The van der Waals surface area contributed by atoms with Crippen LogP contribution >= 0.6 is 0 Å². The summed E-state index contributed by atoms with van der Waals surface area (Å²) >= 11 is 0. The number of carboxylic acid groups (broad SMARTS) is 1. The number of carbonyl (C=O) groups is 1. The van der Waals surface area contributed by atoms with Crippen molar-refractivity contribution in [2.24, 2.45) is 0 Å². The summed E-state index contributed by atoms with van der Waals surface area (Å²) in [7, 11) is 0. The first-order valence-electron chi connectivity index (χ1n) is 4.17. The van der Waals surface area contributed by atoms with Crippen LogP contribution < -0.4 is 0 Å². The van der Waals surface area contributed by atoms with E-state index in [1.54, 1.807) is 13.8 Å².